The minimum Gasteiger partial charge on any atom is -0.450 e. The number of hydrogen-bond acceptors (Lipinski definition) is 3. The summed E-state index contributed by atoms with van der Waals surface area (Å²) in [6, 6.07) is 0.995. The first kappa shape index (κ1) is 15.2. The van der Waals surface area contributed by atoms with E-state index >= 15 is 0 Å². The number of hydrogen-bond donors (Lipinski definition) is 1. The van der Waals surface area contributed by atoms with Gasteiger partial charge < -0.3 is 14.7 Å². The lowest BCUT2D eigenvalue weighted by Crippen LogP contribution is -2.36. The normalized spacial score (nSPS) is 23.1. The quantitative estimate of drug-likeness (QED) is 0.634. The lowest BCUT2D eigenvalue weighted by atomic mass is 10.1. The Hall–Kier alpha value is -0.813. The maximum absolute atomic E-state index is 11.9. The van der Waals surface area contributed by atoms with Crippen molar-refractivity contribution in [3.63, 3.8) is 0 Å². The largest absolute Gasteiger partial charge is 0.450 e. The van der Waals surface area contributed by atoms with Crippen molar-refractivity contribution in [3.05, 3.63) is 12.2 Å². The van der Waals surface area contributed by atoms with Crippen LogP contribution in [0.5, 0.6) is 0 Å². The molecule has 0 saturated heterocycles. The van der Waals surface area contributed by atoms with Gasteiger partial charge in [-0.3, -0.25) is 0 Å². The number of nitrogens with zero attached hydrogens (tertiary/aromatic N) is 1. The molecule has 0 aromatic carbocycles. The molecule has 1 aliphatic rings. The molecule has 1 aliphatic heterocycles. The molecule has 1 N–H and O–H groups in total. The second kappa shape index (κ2) is 6.94. The average molecular weight is 271 g/mol. The highest BCUT2D eigenvalue weighted by Crippen LogP contribution is 2.10. The SMILES string of the molecule is C[Si](C)(C)CCOC(=O)N1CC/C=C/C(O)CC1. The number of aliphatic hydroxyl groups is 1. The molecule has 5 heteroatoms. The Kier molecular flexibility index (Phi) is 5.88. The van der Waals surface area contributed by atoms with E-state index in [1.54, 1.807) is 11.0 Å². The first-order chi connectivity index (χ1) is 8.38. The Labute approximate surface area is 111 Å². The van der Waals surface area contributed by atoms with Crippen molar-refractivity contribution >= 4 is 14.2 Å². The summed E-state index contributed by atoms with van der Waals surface area (Å²) in [6.07, 6.45) is 4.40. The maximum atomic E-state index is 11.9. The highest BCUT2D eigenvalue weighted by molar-refractivity contribution is 6.76. The van der Waals surface area contributed by atoms with E-state index in [0.717, 1.165) is 12.5 Å². The summed E-state index contributed by atoms with van der Waals surface area (Å²) >= 11 is 0. The molecule has 18 heavy (non-hydrogen) atoms. The Morgan fingerprint density at radius 2 is 2.17 bits per heavy atom. The van der Waals surface area contributed by atoms with Crippen molar-refractivity contribution in [2.75, 3.05) is 19.7 Å². The lowest BCUT2D eigenvalue weighted by molar-refractivity contribution is 0.0994. The molecule has 0 fully saturated rings. The van der Waals surface area contributed by atoms with Crippen LogP contribution in [0.25, 0.3) is 0 Å². The van der Waals surface area contributed by atoms with Crippen molar-refractivity contribution in [1.82, 2.24) is 4.90 Å². The van der Waals surface area contributed by atoms with Gasteiger partial charge in [0.2, 0.25) is 0 Å². The number of carbonyl (C=O) groups excluding carboxylic acids is 1. The lowest BCUT2D eigenvalue weighted by Gasteiger charge is -2.24. The minimum atomic E-state index is -1.15. The molecule has 0 radical (unpaired) electrons. The van der Waals surface area contributed by atoms with Gasteiger partial charge in [-0.2, -0.15) is 0 Å². The summed E-state index contributed by atoms with van der Waals surface area (Å²) in [6.45, 7) is 8.55. The van der Waals surface area contributed by atoms with E-state index in [0.29, 0.717) is 26.1 Å². The number of amides is 1. The van der Waals surface area contributed by atoms with Gasteiger partial charge >= 0.3 is 6.09 Å². The molecule has 1 heterocycles. The molecule has 0 aliphatic carbocycles. The first-order valence-corrected chi connectivity index (χ1v) is 10.4. The van der Waals surface area contributed by atoms with Gasteiger partial charge in [-0.25, -0.2) is 4.79 Å². The predicted molar refractivity (Wildman–Crippen MR) is 75.5 cm³/mol. The summed E-state index contributed by atoms with van der Waals surface area (Å²) in [5, 5.41) is 9.54. The molecular formula is C13H25NO3Si. The van der Waals surface area contributed by atoms with Crippen molar-refractivity contribution in [2.45, 2.75) is 44.6 Å². The topological polar surface area (TPSA) is 49.8 Å². The predicted octanol–water partition coefficient (Wildman–Crippen LogP) is 2.47. The van der Waals surface area contributed by atoms with Gasteiger partial charge in [0.25, 0.3) is 0 Å². The van der Waals surface area contributed by atoms with Gasteiger partial charge in [0.1, 0.15) is 0 Å². The van der Waals surface area contributed by atoms with Gasteiger partial charge in [-0.1, -0.05) is 31.8 Å². The highest BCUT2D eigenvalue weighted by Gasteiger charge is 2.18. The molecule has 0 aromatic heterocycles. The molecular weight excluding hydrogens is 246 g/mol. The number of carbonyl (C=O) groups is 1. The van der Waals surface area contributed by atoms with Gasteiger partial charge in [-0.05, 0) is 18.9 Å². The van der Waals surface area contributed by atoms with Crippen molar-refractivity contribution in [1.29, 1.82) is 0 Å². The van der Waals surface area contributed by atoms with E-state index < -0.39 is 14.2 Å². The van der Waals surface area contributed by atoms with Gasteiger partial charge in [0, 0.05) is 21.2 Å². The standard InChI is InChI=1S/C13H25NO3Si/c1-18(2,3)11-10-17-13(16)14-8-5-4-6-12(15)7-9-14/h4,6,12,15H,5,7-11H2,1-3H3/b6-4+. The molecule has 1 rings (SSSR count). The molecule has 1 unspecified atom stereocenters. The number of rotatable bonds is 3. The highest BCUT2D eigenvalue weighted by atomic mass is 28.3. The fourth-order valence-electron chi connectivity index (χ4n) is 1.70. The van der Waals surface area contributed by atoms with Crippen LogP contribution in [0.15, 0.2) is 12.2 Å². The maximum Gasteiger partial charge on any atom is 0.409 e. The molecule has 1 atom stereocenters. The molecule has 4 nitrogen and oxygen atoms in total. The summed E-state index contributed by atoms with van der Waals surface area (Å²) < 4.78 is 5.31. The molecule has 1 amide bonds. The van der Waals surface area contributed by atoms with E-state index in [2.05, 4.69) is 19.6 Å². The third kappa shape index (κ3) is 6.21. The zero-order valence-electron chi connectivity index (χ0n) is 11.7. The number of aliphatic hydroxyl groups excluding tert-OH is 1. The van der Waals surface area contributed by atoms with Crippen LogP contribution in [0.1, 0.15) is 12.8 Å². The summed E-state index contributed by atoms with van der Waals surface area (Å²) in [4.78, 5) is 13.6. The van der Waals surface area contributed by atoms with Gasteiger partial charge in [0.15, 0.2) is 0 Å². The average Bonchev–Trinajstić information content (AvgIpc) is 2.22. The molecule has 0 aromatic rings. The Morgan fingerprint density at radius 1 is 1.44 bits per heavy atom. The minimum absolute atomic E-state index is 0.240. The zero-order chi connectivity index (χ0) is 13.6. The van der Waals surface area contributed by atoms with E-state index in [-0.39, 0.29) is 6.09 Å². The van der Waals surface area contributed by atoms with Crippen LogP contribution in [0.3, 0.4) is 0 Å². The van der Waals surface area contributed by atoms with Gasteiger partial charge in [-0.15, -0.1) is 0 Å². The first-order valence-electron chi connectivity index (χ1n) is 6.65. The second-order valence-electron chi connectivity index (χ2n) is 5.98. The van der Waals surface area contributed by atoms with Crippen LogP contribution < -0.4 is 0 Å². The molecule has 104 valence electrons. The third-order valence-corrected chi connectivity index (χ3v) is 4.66. The van der Waals surface area contributed by atoms with E-state index in [1.807, 2.05) is 6.08 Å². The Bertz CT molecular complexity index is 299. The van der Waals surface area contributed by atoms with Crippen molar-refractivity contribution < 1.29 is 14.6 Å². The van der Waals surface area contributed by atoms with E-state index in [1.165, 1.54) is 0 Å². The Morgan fingerprint density at radius 3 is 2.83 bits per heavy atom. The van der Waals surface area contributed by atoms with E-state index in [4.69, 9.17) is 4.74 Å². The smallest absolute Gasteiger partial charge is 0.409 e. The van der Waals surface area contributed by atoms with Crippen LogP contribution in [0.4, 0.5) is 4.79 Å². The van der Waals surface area contributed by atoms with Crippen LogP contribution in [0, 0.1) is 0 Å². The summed E-state index contributed by atoms with van der Waals surface area (Å²) in [5.41, 5.74) is 0. The fraction of sp³-hybridized carbons (Fsp3) is 0.769. The second-order valence-corrected chi connectivity index (χ2v) is 11.6. The summed E-state index contributed by atoms with van der Waals surface area (Å²) in [5.74, 6) is 0. The molecule has 0 bridgehead atoms. The summed E-state index contributed by atoms with van der Waals surface area (Å²) in [7, 11) is -1.15. The van der Waals surface area contributed by atoms with Crippen LogP contribution in [-0.2, 0) is 4.74 Å². The van der Waals surface area contributed by atoms with Crippen LogP contribution in [0.2, 0.25) is 25.7 Å². The molecule has 0 saturated carbocycles. The monoisotopic (exact) mass is 271 g/mol. The van der Waals surface area contributed by atoms with Crippen LogP contribution in [-0.4, -0.2) is 50.0 Å². The van der Waals surface area contributed by atoms with Crippen molar-refractivity contribution in [3.8, 4) is 0 Å². The van der Waals surface area contributed by atoms with Gasteiger partial charge in [0.05, 0.1) is 12.7 Å². The third-order valence-electron chi connectivity index (χ3n) is 2.95. The Balaban J connectivity index is 2.34. The fourth-order valence-corrected chi connectivity index (χ4v) is 2.41. The van der Waals surface area contributed by atoms with Crippen molar-refractivity contribution in [2.24, 2.45) is 0 Å². The number of ether oxygens (including phenoxy) is 1. The molecule has 0 spiro atoms. The zero-order valence-corrected chi connectivity index (χ0v) is 12.7. The van der Waals surface area contributed by atoms with Crippen LogP contribution >= 0.6 is 0 Å². The van der Waals surface area contributed by atoms with E-state index in [9.17, 15) is 9.90 Å².